The van der Waals surface area contributed by atoms with Gasteiger partial charge in [-0.25, -0.2) is 4.98 Å². The molecule has 32 heavy (non-hydrogen) atoms. The van der Waals surface area contributed by atoms with Gasteiger partial charge in [-0.2, -0.15) is 9.61 Å². The summed E-state index contributed by atoms with van der Waals surface area (Å²) in [5.74, 6) is 1.66. The molecule has 0 atom stereocenters. The van der Waals surface area contributed by atoms with Crippen LogP contribution in [0, 0.1) is 0 Å². The van der Waals surface area contributed by atoms with Crippen molar-refractivity contribution in [3.63, 3.8) is 0 Å². The van der Waals surface area contributed by atoms with Crippen molar-refractivity contribution < 1.29 is 4.74 Å². The zero-order valence-corrected chi connectivity index (χ0v) is 18.3. The van der Waals surface area contributed by atoms with Gasteiger partial charge in [0.1, 0.15) is 11.6 Å². The number of aromatic nitrogens is 3. The summed E-state index contributed by atoms with van der Waals surface area (Å²) in [6.07, 6.45) is 1.84. The van der Waals surface area contributed by atoms with Crippen LogP contribution in [-0.4, -0.2) is 21.2 Å². The fourth-order valence-electron chi connectivity index (χ4n) is 3.59. The van der Waals surface area contributed by atoms with Gasteiger partial charge in [0, 0.05) is 27.9 Å². The molecule has 0 radical (unpaired) electrons. The first kappa shape index (κ1) is 20.1. The molecule has 6 heteroatoms. The van der Waals surface area contributed by atoms with Crippen molar-refractivity contribution >= 4 is 28.8 Å². The fraction of sp³-hybridized carbons (Fsp3) is 0.0769. The SMILES string of the molecule is CCOc1ccc(Nc2cc(-c3ccccc3)nc3c(-c4ccc(Cl)cc4)cnn23)cc1. The molecule has 158 valence electrons. The van der Waals surface area contributed by atoms with E-state index in [2.05, 4.69) is 22.5 Å². The molecule has 0 saturated heterocycles. The number of nitrogens with zero attached hydrogens (tertiary/aromatic N) is 3. The molecule has 0 aliphatic carbocycles. The summed E-state index contributed by atoms with van der Waals surface area (Å²) in [4.78, 5) is 4.95. The highest BCUT2D eigenvalue weighted by Gasteiger charge is 2.14. The van der Waals surface area contributed by atoms with Crippen molar-refractivity contribution in [1.29, 1.82) is 0 Å². The molecule has 0 spiro atoms. The second kappa shape index (κ2) is 8.73. The third-order valence-corrected chi connectivity index (χ3v) is 5.39. The fourth-order valence-corrected chi connectivity index (χ4v) is 3.72. The molecule has 0 unspecified atom stereocenters. The van der Waals surface area contributed by atoms with E-state index in [1.165, 1.54) is 0 Å². The van der Waals surface area contributed by atoms with Gasteiger partial charge in [-0.1, -0.05) is 54.1 Å². The topological polar surface area (TPSA) is 51.5 Å². The Morgan fingerprint density at radius 3 is 2.38 bits per heavy atom. The van der Waals surface area contributed by atoms with Gasteiger partial charge in [-0.05, 0) is 48.9 Å². The Hall–Kier alpha value is -3.83. The van der Waals surface area contributed by atoms with Crippen LogP contribution in [0.15, 0.2) is 91.1 Å². The van der Waals surface area contributed by atoms with E-state index in [4.69, 9.17) is 21.3 Å². The average Bonchev–Trinajstić information content (AvgIpc) is 3.26. The molecule has 1 N–H and O–H groups in total. The van der Waals surface area contributed by atoms with Crippen LogP contribution in [0.5, 0.6) is 5.75 Å². The number of anilines is 2. The first-order valence-corrected chi connectivity index (χ1v) is 10.8. The third-order valence-electron chi connectivity index (χ3n) is 5.13. The summed E-state index contributed by atoms with van der Waals surface area (Å²) >= 11 is 6.09. The quantitative estimate of drug-likeness (QED) is 0.313. The molecule has 0 aliphatic rings. The Morgan fingerprint density at radius 2 is 1.66 bits per heavy atom. The van der Waals surface area contributed by atoms with Crippen LogP contribution in [0.1, 0.15) is 6.92 Å². The van der Waals surface area contributed by atoms with E-state index in [0.717, 1.165) is 45.3 Å². The molecule has 0 saturated carbocycles. The summed E-state index contributed by atoms with van der Waals surface area (Å²) < 4.78 is 7.38. The molecule has 0 aliphatic heterocycles. The number of ether oxygens (including phenoxy) is 1. The summed E-state index contributed by atoms with van der Waals surface area (Å²) in [5, 5.41) is 8.81. The lowest BCUT2D eigenvalue weighted by Crippen LogP contribution is -2.03. The molecule has 0 fully saturated rings. The molecule has 0 bridgehead atoms. The maximum atomic E-state index is 6.09. The van der Waals surface area contributed by atoms with Gasteiger partial charge in [0.25, 0.3) is 0 Å². The molecule has 5 rings (SSSR count). The number of rotatable bonds is 6. The number of hydrogen-bond donors (Lipinski definition) is 1. The molecule has 0 amide bonds. The zero-order valence-electron chi connectivity index (χ0n) is 17.5. The van der Waals surface area contributed by atoms with Gasteiger partial charge in [0.15, 0.2) is 5.65 Å². The Labute approximate surface area is 191 Å². The van der Waals surface area contributed by atoms with E-state index >= 15 is 0 Å². The minimum absolute atomic E-state index is 0.638. The summed E-state index contributed by atoms with van der Waals surface area (Å²) in [6.45, 7) is 2.61. The minimum atomic E-state index is 0.638. The lowest BCUT2D eigenvalue weighted by molar-refractivity contribution is 0.340. The van der Waals surface area contributed by atoms with Crippen molar-refractivity contribution in [3.05, 3.63) is 96.1 Å². The van der Waals surface area contributed by atoms with Crippen LogP contribution < -0.4 is 10.1 Å². The standard InChI is InChI=1S/C26H21ClN4O/c1-2-32-22-14-12-21(13-15-22)29-25-16-24(19-6-4-3-5-7-19)30-26-23(17-28-31(25)26)18-8-10-20(27)11-9-18/h3-17,29H,2H2,1H3. The summed E-state index contributed by atoms with van der Waals surface area (Å²) in [5.41, 5.74) is 5.55. The van der Waals surface area contributed by atoms with E-state index in [0.29, 0.717) is 11.6 Å². The van der Waals surface area contributed by atoms with Gasteiger partial charge in [0.05, 0.1) is 18.5 Å². The number of hydrogen-bond acceptors (Lipinski definition) is 4. The van der Waals surface area contributed by atoms with Crippen LogP contribution in [0.3, 0.4) is 0 Å². The van der Waals surface area contributed by atoms with E-state index < -0.39 is 0 Å². The van der Waals surface area contributed by atoms with Crippen molar-refractivity contribution in [2.75, 3.05) is 11.9 Å². The van der Waals surface area contributed by atoms with Gasteiger partial charge in [-0.3, -0.25) is 0 Å². The second-order valence-corrected chi connectivity index (χ2v) is 7.71. The normalized spacial score (nSPS) is 10.9. The monoisotopic (exact) mass is 440 g/mol. The van der Waals surface area contributed by atoms with Gasteiger partial charge in [0.2, 0.25) is 0 Å². The van der Waals surface area contributed by atoms with Gasteiger partial charge < -0.3 is 10.1 Å². The highest BCUT2D eigenvalue weighted by Crippen LogP contribution is 2.31. The molecule has 2 aromatic heterocycles. The average molecular weight is 441 g/mol. The predicted octanol–water partition coefficient (Wildman–Crippen LogP) is 6.86. The molecule has 5 nitrogen and oxygen atoms in total. The summed E-state index contributed by atoms with van der Waals surface area (Å²) in [7, 11) is 0. The van der Waals surface area contributed by atoms with Crippen molar-refractivity contribution in [3.8, 4) is 28.1 Å². The van der Waals surface area contributed by atoms with Crippen LogP contribution in [-0.2, 0) is 0 Å². The van der Waals surface area contributed by atoms with Crippen LogP contribution in [0.25, 0.3) is 28.0 Å². The van der Waals surface area contributed by atoms with Crippen molar-refractivity contribution in [2.45, 2.75) is 6.92 Å². The van der Waals surface area contributed by atoms with Crippen molar-refractivity contribution in [1.82, 2.24) is 14.6 Å². The second-order valence-electron chi connectivity index (χ2n) is 7.28. The smallest absolute Gasteiger partial charge is 0.165 e. The molecule has 5 aromatic rings. The van der Waals surface area contributed by atoms with Crippen molar-refractivity contribution in [2.24, 2.45) is 0 Å². The molecular formula is C26H21ClN4O. The molecule has 3 aromatic carbocycles. The number of nitrogens with one attached hydrogen (secondary N) is 1. The minimum Gasteiger partial charge on any atom is -0.494 e. The van der Waals surface area contributed by atoms with E-state index in [1.807, 2.05) is 90.4 Å². The Bertz CT molecular complexity index is 1350. The lowest BCUT2D eigenvalue weighted by atomic mass is 10.1. The predicted molar refractivity (Wildman–Crippen MR) is 130 cm³/mol. The van der Waals surface area contributed by atoms with E-state index in [-0.39, 0.29) is 0 Å². The largest absolute Gasteiger partial charge is 0.494 e. The van der Waals surface area contributed by atoms with E-state index in [9.17, 15) is 0 Å². The maximum Gasteiger partial charge on any atom is 0.165 e. The van der Waals surface area contributed by atoms with E-state index in [1.54, 1.807) is 0 Å². The van der Waals surface area contributed by atoms with Gasteiger partial charge in [-0.15, -0.1) is 0 Å². The number of benzene rings is 3. The van der Waals surface area contributed by atoms with Crippen LogP contribution in [0.2, 0.25) is 5.02 Å². The lowest BCUT2D eigenvalue weighted by Gasteiger charge is -2.12. The first-order valence-electron chi connectivity index (χ1n) is 10.4. The summed E-state index contributed by atoms with van der Waals surface area (Å²) in [6, 6.07) is 27.7. The molecular weight excluding hydrogens is 420 g/mol. The number of halogens is 1. The zero-order chi connectivity index (χ0) is 21.9. The Kier molecular flexibility index (Phi) is 5.48. The van der Waals surface area contributed by atoms with Crippen LogP contribution >= 0.6 is 11.6 Å². The number of fused-ring (bicyclic) bond motifs is 1. The maximum absolute atomic E-state index is 6.09. The van der Waals surface area contributed by atoms with Gasteiger partial charge >= 0.3 is 0 Å². The molecule has 2 heterocycles. The highest BCUT2D eigenvalue weighted by molar-refractivity contribution is 6.30. The Balaban J connectivity index is 1.63. The first-order chi connectivity index (χ1) is 15.7. The third kappa shape index (κ3) is 4.03. The Morgan fingerprint density at radius 1 is 0.906 bits per heavy atom. The highest BCUT2D eigenvalue weighted by atomic mass is 35.5. The van der Waals surface area contributed by atoms with Crippen LogP contribution in [0.4, 0.5) is 11.5 Å².